The van der Waals surface area contributed by atoms with E-state index in [2.05, 4.69) is 10.1 Å². The second-order valence-corrected chi connectivity index (χ2v) is 6.91. The van der Waals surface area contributed by atoms with Crippen LogP contribution in [0.15, 0.2) is 58.3 Å². The van der Waals surface area contributed by atoms with E-state index in [1.165, 1.54) is 33.5 Å². The minimum Gasteiger partial charge on any atom is -0.306 e. The second kappa shape index (κ2) is 7.09. The fourth-order valence-corrected chi connectivity index (χ4v) is 3.47. The van der Waals surface area contributed by atoms with E-state index in [9.17, 15) is 14.0 Å². The van der Waals surface area contributed by atoms with Crippen molar-refractivity contribution in [3.05, 3.63) is 97.2 Å². The fourth-order valence-electron chi connectivity index (χ4n) is 3.24. The molecular weight excluding hydrogens is 383 g/mol. The normalized spacial score (nSPS) is 11.2. The first-order valence-corrected chi connectivity index (χ1v) is 8.98. The van der Waals surface area contributed by atoms with Crippen LogP contribution in [-0.4, -0.2) is 19.3 Å². The highest BCUT2D eigenvalue weighted by Gasteiger charge is 2.15. The molecule has 0 fully saturated rings. The van der Waals surface area contributed by atoms with E-state index >= 15 is 0 Å². The van der Waals surface area contributed by atoms with Gasteiger partial charge in [0.2, 0.25) is 0 Å². The summed E-state index contributed by atoms with van der Waals surface area (Å²) in [5, 5.41) is 3.61. The van der Waals surface area contributed by atoms with Gasteiger partial charge in [-0.1, -0.05) is 23.7 Å². The van der Waals surface area contributed by atoms with Crippen molar-refractivity contribution < 1.29 is 4.39 Å². The van der Waals surface area contributed by atoms with E-state index in [1.54, 1.807) is 19.2 Å². The lowest BCUT2D eigenvalue weighted by Gasteiger charge is -2.09. The number of rotatable bonds is 4. The Kier molecular flexibility index (Phi) is 4.60. The summed E-state index contributed by atoms with van der Waals surface area (Å²) in [5.41, 5.74) is 1.81. The topological polar surface area (TPSA) is 72.7 Å². The standard InChI is InChI=1S/C20H16ClFN4O2/c1-12-19-17(9-18(27)25(12)11-15-4-2-3-7-23-15)24-26(20(19)28)10-13-5-6-14(22)8-16(13)21/h2-9,24H,10-11H2,1H3. The maximum Gasteiger partial charge on any atom is 0.276 e. The number of aryl methyl sites for hydroxylation is 1. The summed E-state index contributed by atoms with van der Waals surface area (Å²) < 4.78 is 16.1. The van der Waals surface area contributed by atoms with E-state index in [-0.39, 0.29) is 29.2 Å². The molecular formula is C20H16ClFN4O2. The van der Waals surface area contributed by atoms with Crippen molar-refractivity contribution in [2.45, 2.75) is 20.0 Å². The fraction of sp³-hybridized carbons (Fsp3) is 0.150. The summed E-state index contributed by atoms with van der Waals surface area (Å²) >= 11 is 6.07. The van der Waals surface area contributed by atoms with Crippen LogP contribution in [0, 0.1) is 12.7 Å². The van der Waals surface area contributed by atoms with Gasteiger partial charge in [-0.2, -0.15) is 0 Å². The van der Waals surface area contributed by atoms with Crippen molar-refractivity contribution in [3.63, 3.8) is 0 Å². The number of H-pyrrole nitrogens is 1. The Morgan fingerprint density at radius 3 is 2.68 bits per heavy atom. The molecule has 0 spiro atoms. The highest BCUT2D eigenvalue weighted by Crippen LogP contribution is 2.19. The highest BCUT2D eigenvalue weighted by molar-refractivity contribution is 6.31. The van der Waals surface area contributed by atoms with E-state index in [1.807, 2.05) is 12.1 Å². The molecule has 3 aromatic heterocycles. The van der Waals surface area contributed by atoms with Crippen LogP contribution in [0.3, 0.4) is 0 Å². The van der Waals surface area contributed by atoms with Crippen LogP contribution in [0.2, 0.25) is 5.02 Å². The van der Waals surface area contributed by atoms with Gasteiger partial charge in [0.25, 0.3) is 11.1 Å². The molecule has 0 unspecified atom stereocenters. The first kappa shape index (κ1) is 18.2. The van der Waals surface area contributed by atoms with E-state index < -0.39 is 5.82 Å². The molecule has 28 heavy (non-hydrogen) atoms. The molecule has 0 bridgehead atoms. The maximum absolute atomic E-state index is 13.3. The number of fused-ring (bicyclic) bond motifs is 1. The smallest absolute Gasteiger partial charge is 0.276 e. The van der Waals surface area contributed by atoms with Crippen LogP contribution in [0.1, 0.15) is 17.0 Å². The maximum atomic E-state index is 13.3. The van der Waals surface area contributed by atoms with Crippen LogP contribution in [0.5, 0.6) is 0 Å². The number of hydrogen-bond acceptors (Lipinski definition) is 3. The molecule has 0 radical (unpaired) electrons. The Morgan fingerprint density at radius 2 is 1.96 bits per heavy atom. The minimum atomic E-state index is -0.444. The van der Waals surface area contributed by atoms with Gasteiger partial charge in [-0.15, -0.1) is 0 Å². The molecule has 4 aromatic rings. The van der Waals surface area contributed by atoms with Crippen molar-refractivity contribution in [2.75, 3.05) is 0 Å². The summed E-state index contributed by atoms with van der Waals surface area (Å²) in [5.74, 6) is -0.444. The van der Waals surface area contributed by atoms with Crippen LogP contribution >= 0.6 is 11.6 Å². The van der Waals surface area contributed by atoms with Gasteiger partial charge in [0.1, 0.15) is 5.82 Å². The average Bonchev–Trinajstić information content (AvgIpc) is 2.97. The summed E-state index contributed by atoms with van der Waals surface area (Å²) in [6.45, 7) is 2.15. The first-order chi connectivity index (χ1) is 13.4. The molecule has 1 N–H and O–H groups in total. The second-order valence-electron chi connectivity index (χ2n) is 6.50. The zero-order valence-electron chi connectivity index (χ0n) is 14.9. The Balaban J connectivity index is 1.80. The molecule has 0 aliphatic carbocycles. The van der Waals surface area contributed by atoms with Gasteiger partial charge >= 0.3 is 0 Å². The van der Waals surface area contributed by atoms with Crippen molar-refractivity contribution >= 4 is 22.5 Å². The molecule has 0 saturated heterocycles. The monoisotopic (exact) mass is 398 g/mol. The third-order valence-electron chi connectivity index (χ3n) is 4.67. The number of pyridine rings is 2. The van der Waals surface area contributed by atoms with Crippen LogP contribution in [0.25, 0.3) is 10.9 Å². The van der Waals surface area contributed by atoms with E-state index in [4.69, 9.17) is 11.6 Å². The van der Waals surface area contributed by atoms with Crippen molar-refractivity contribution in [3.8, 4) is 0 Å². The van der Waals surface area contributed by atoms with Gasteiger partial charge in [-0.3, -0.25) is 19.7 Å². The number of nitrogens with one attached hydrogen (secondary N) is 1. The quantitative estimate of drug-likeness (QED) is 0.574. The van der Waals surface area contributed by atoms with Gasteiger partial charge < -0.3 is 4.57 Å². The van der Waals surface area contributed by atoms with E-state index in [0.717, 1.165) is 5.69 Å². The summed E-state index contributed by atoms with van der Waals surface area (Å²) in [4.78, 5) is 29.7. The molecule has 6 nitrogen and oxygen atoms in total. The summed E-state index contributed by atoms with van der Waals surface area (Å²) in [6, 6.07) is 10.9. The lowest BCUT2D eigenvalue weighted by molar-refractivity contribution is 0.623. The first-order valence-electron chi connectivity index (χ1n) is 8.61. The SMILES string of the molecule is Cc1c2c(=O)n(Cc3ccc(F)cc3Cl)[nH]c2cc(=O)n1Cc1ccccn1. The molecule has 3 heterocycles. The number of aromatic nitrogens is 4. The lowest BCUT2D eigenvalue weighted by atomic mass is 10.2. The zero-order valence-corrected chi connectivity index (χ0v) is 15.7. The molecule has 0 amide bonds. The number of hydrogen-bond donors (Lipinski definition) is 1. The molecule has 8 heteroatoms. The Hall–Kier alpha value is -3.19. The number of nitrogens with zero attached hydrogens (tertiary/aromatic N) is 3. The van der Waals surface area contributed by atoms with Crippen molar-refractivity contribution in [1.29, 1.82) is 0 Å². The van der Waals surface area contributed by atoms with Gasteiger partial charge in [-0.05, 0) is 36.8 Å². The van der Waals surface area contributed by atoms with Gasteiger partial charge in [0.05, 0.1) is 29.7 Å². The lowest BCUT2D eigenvalue weighted by Crippen LogP contribution is -2.24. The van der Waals surface area contributed by atoms with Crippen molar-refractivity contribution in [1.82, 2.24) is 19.3 Å². The Bertz CT molecular complexity index is 1290. The van der Waals surface area contributed by atoms with E-state index in [0.29, 0.717) is 22.2 Å². The largest absolute Gasteiger partial charge is 0.306 e. The minimum absolute atomic E-state index is 0.139. The number of aromatic amines is 1. The molecule has 4 rings (SSSR count). The number of halogens is 2. The molecule has 0 aliphatic rings. The third-order valence-corrected chi connectivity index (χ3v) is 5.03. The van der Waals surface area contributed by atoms with Gasteiger partial charge in [-0.25, -0.2) is 9.07 Å². The summed E-state index contributed by atoms with van der Waals surface area (Å²) in [7, 11) is 0. The molecule has 0 saturated carbocycles. The van der Waals surface area contributed by atoms with Gasteiger partial charge in [0.15, 0.2) is 0 Å². The highest BCUT2D eigenvalue weighted by atomic mass is 35.5. The molecule has 142 valence electrons. The Morgan fingerprint density at radius 1 is 1.14 bits per heavy atom. The predicted molar refractivity (Wildman–Crippen MR) is 105 cm³/mol. The van der Waals surface area contributed by atoms with Crippen LogP contribution in [-0.2, 0) is 13.1 Å². The zero-order chi connectivity index (χ0) is 19.8. The molecule has 1 aromatic carbocycles. The van der Waals surface area contributed by atoms with Crippen molar-refractivity contribution in [2.24, 2.45) is 0 Å². The predicted octanol–water partition coefficient (Wildman–Crippen LogP) is 3.08. The summed E-state index contributed by atoms with van der Waals surface area (Å²) in [6.07, 6.45) is 1.66. The Labute approximate surface area is 163 Å². The molecule has 0 atom stereocenters. The number of benzene rings is 1. The molecule has 0 aliphatic heterocycles. The third kappa shape index (κ3) is 3.25. The van der Waals surface area contributed by atoms with Crippen LogP contribution in [0.4, 0.5) is 4.39 Å². The van der Waals surface area contributed by atoms with Crippen LogP contribution < -0.4 is 11.1 Å². The van der Waals surface area contributed by atoms with Gasteiger partial charge in [0, 0.05) is 23.0 Å². The average molecular weight is 399 g/mol.